The van der Waals surface area contributed by atoms with Crippen molar-refractivity contribution in [3.05, 3.63) is 59.7 Å². The van der Waals surface area contributed by atoms with E-state index in [0.717, 1.165) is 44.5 Å². The average molecular weight is 564 g/mol. The van der Waals surface area contributed by atoms with Gasteiger partial charge in [-0.15, -0.1) is 0 Å². The monoisotopic (exact) mass is 563 g/mol. The van der Waals surface area contributed by atoms with Gasteiger partial charge in [-0.1, -0.05) is 13.0 Å². The number of benzene rings is 1. The molecule has 5 rings (SSSR count). The van der Waals surface area contributed by atoms with E-state index in [-0.39, 0.29) is 34.7 Å². The van der Waals surface area contributed by atoms with E-state index in [4.69, 9.17) is 0 Å². The number of hydrogen-bond donors (Lipinski definition) is 2. The van der Waals surface area contributed by atoms with Crippen LogP contribution in [0.25, 0.3) is 22.3 Å². The van der Waals surface area contributed by atoms with Crippen molar-refractivity contribution in [2.75, 3.05) is 45.1 Å². The van der Waals surface area contributed by atoms with Crippen LogP contribution in [-0.2, 0) is 4.79 Å². The lowest BCUT2D eigenvalue weighted by molar-refractivity contribution is -0.127. The molecule has 1 amide bonds. The van der Waals surface area contributed by atoms with Crippen molar-refractivity contribution in [3.63, 3.8) is 0 Å². The standard InChI is InChI=1S/C29H35F2N9O/c1-6-38-9-11-39(12-10-38)27(28(41)32-5)19-7-8-24(33-15-19)36-29-34-16-22(31)25(37-29)20-13-21(30)26-23(14-20)40(17(2)3)18(4)35-26/h7-8,13-17,27H,6,9-12H2,1-5H3,(H,32,41)(H,33,34,36,37). The van der Waals surface area contributed by atoms with Gasteiger partial charge >= 0.3 is 0 Å². The first kappa shape index (κ1) is 28.5. The van der Waals surface area contributed by atoms with Crippen molar-refractivity contribution in [3.8, 4) is 11.3 Å². The van der Waals surface area contributed by atoms with Crippen molar-refractivity contribution in [1.82, 2.24) is 39.6 Å². The molecule has 4 heterocycles. The lowest BCUT2D eigenvalue weighted by Crippen LogP contribution is -2.50. The van der Waals surface area contributed by atoms with E-state index >= 15 is 4.39 Å². The summed E-state index contributed by atoms with van der Waals surface area (Å²) in [5.74, 6) is -0.120. The van der Waals surface area contributed by atoms with E-state index < -0.39 is 17.7 Å². The van der Waals surface area contributed by atoms with Gasteiger partial charge in [0.1, 0.15) is 28.9 Å². The first-order valence-corrected chi connectivity index (χ1v) is 13.8. The Labute approximate surface area is 237 Å². The van der Waals surface area contributed by atoms with Gasteiger partial charge in [-0.05, 0) is 51.1 Å². The zero-order valence-corrected chi connectivity index (χ0v) is 23.9. The van der Waals surface area contributed by atoms with Crippen LogP contribution in [0.2, 0.25) is 0 Å². The molecule has 0 spiro atoms. The molecule has 1 aromatic carbocycles. The second kappa shape index (κ2) is 11.8. The molecule has 0 saturated carbocycles. The normalized spacial score (nSPS) is 15.4. The van der Waals surface area contributed by atoms with Crippen LogP contribution in [0.3, 0.4) is 0 Å². The maximum atomic E-state index is 15.0. The number of hydrogen-bond acceptors (Lipinski definition) is 8. The van der Waals surface area contributed by atoms with Crippen LogP contribution >= 0.6 is 0 Å². The Kier molecular flexibility index (Phi) is 8.22. The summed E-state index contributed by atoms with van der Waals surface area (Å²) < 4.78 is 31.8. The number of carbonyl (C=O) groups is 1. The van der Waals surface area contributed by atoms with Gasteiger partial charge in [-0.3, -0.25) is 9.69 Å². The van der Waals surface area contributed by atoms with Crippen LogP contribution in [0.5, 0.6) is 0 Å². The van der Waals surface area contributed by atoms with Gasteiger partial charge in [0, 0.05) is 51.0 Å². The van der Waals surface area contributed by atoms with Crippen molar-refractivity contribution in [1.29, 1.82) is 0 Å². The zero-order chi connectivity index (χ0) is 29.3. The van der Waals surface area contributed by atoms with Crippen molar-refractivity contribution >= 4 is 28.7 Å². The van der Waals surface area contributed by atoms with E-state index in [1.807, 2.05) is 31.4 Å². The molecule has 1 aliphatic rings. The Hall–Kier alpha value is -4.03. The summed E-state index contributed by atoms with van der Waals surface area (Å²) in [6.45, 7) is 12.3. The number of halogens is 2. The minimum Gasteiger partial charge on any atom is -0.358 e. The fourth-order valence-electron chi connectivity index (χ4n) is 5.45. The molecule has 3 aromatic heterocycles. The van der Waals surface area contributed by atoms with Crippen LogP contribution in [0.1, 0.15) is 44.2 Å². The number of likely N-dealkylation sites (N-methyl/N-ethyl adjacent to an activating group) is 2. The summed E-state index contributed by atoms with van der Waals surface area (Å²) in [5, 5.41) is 5.77. The highest BCUT2D eigenvalue weighted by Crippen LogP contribution is 2.31. The number of fused-ring (bicyclic) bond motifs is 1. The molecule has 12 heteroatoms. The SMILES string of the molecule is CCN1CCN(C(C(=O)NC)c2ccc(Nc3ncc(F)c(-c4cc(F)c5nc(C)n(C(C)C)c5c4)n3)nc2)CC1. The highest BCUT2D eigenvalue weighted by atomic mass is 19.1. The molecule has 1 fully saturated rings. The Morgan fingerprint density at radius 3 is 2.41 bits per heavy atom. The van der Waals surface area contributed by atoms with Crippen molar-refractivity contribution in [2.45, 2.75) is 39.8 Å². The molecule has 216 valence electrons. The Morgan fingerprint density at radius 1 is 1.02 bits per heavy atom. The third-order valence-corrected chi connectivity index (χ3v) is 7.51. The number of carbonyl (C=O) groups excluding carboxylic acids is 1. The highest BCUT2D eigenvalue weighted by molar-refractivity contribution is 5.84. The highest BCUT2D eigenvalue weighted by Gasteiger charge is 2.30. The summed E-state index contributed by atoms with van der Waals surface area (Å²) in [6.07, 6.45) is 2.70. The molecule has 4 aromatic rings. The molecule has 1 saturated heterocycles. The Morgan fingerprint density at radius 2 is 1.78 bits per heavy atom. The average Bonchev–Trinajstić information content (AvgIpc) is 3.32. The lowest BCUT2D eigenvalue weighted by atomic mass is 10.1. The van der Waals surface area contributed by atoms with E-state index in [2.05, 4.69) is 47.3 Å². The fraction of sp³-hybridized carbons (Fsp3) is 0.414. The fourth-order valence-corrected chi connectivity index (χ4v) is 5.45. The predicted molar refractivity (Wildman–Crippen MR) is 154 cm³/mol. The van der Waals surface area contributed by atoms with Gasteiger partial charge in [0.2, 0.25) is 11.9 Å². The maximum Gasteiger partial charge on any atom is 0.241 e. The first-order chi connectivity index (χ1) is 19.7. The summed E-state index contributed by atoms with van der Waals surface area (Å²) in [7, 11) is 1.63. The van der Waals surface area contributed by atoms with E-state index in [0.29, 0.717) is 17.2 Å². The molecule has 41 heavy (non-hydrogen) atoms. The molecule has 10 nitrogen and oxygen atoms in total. The second-order valence-electron chi connectivity index (χ2n) is 10.4. The van der Waals surface area contributed by atoms with Gasteiger partial charge < -0.3 is 20.1 Å². The number of nitrogens with zero attached hydrogens (tertiary/aromatic N) is 7. The number of imidazole rings is 1. The predicted octanol–water partition coefficient (Wildman–Crippen LogP) is 4.22. The number of pyridine rings is 1. The molecule has 0 aliphatic carbocycles. The van der Waals surface area contributed by atoms with Crippen LogP contribution in [-0.4, -0.2) is 80.0 Å². The summed E-state index contributed by atoms with van der Waals surface area (Å²) >= 11 is 0. The quantitative estimate of drug-likeness (QED) is 0.329. The summed E-state index contributed by atoms with van der Waals surface area (Å²) in [6, 6.07) is 6.09. The lowest BCUT2D eigenvalue weighted by Gasteiger charge is -2.38. The van der Waals surface area contributed by atoms with Gasteiger partial charge in [-0.25, -0.2) is 28.7 Å². The molecular formula is C29H35F2N9O. The largest absolute Gasteiger partial charge is 0.358 e. The minimum absolute atomic E-state index is 0.0417. The van der Waals surface area contributed by atoms with Crippen LogP contribution in [0, 0.1) is 18.6 Å². The minimum atomic E-state index is -0.679. The Balaban J connectivity index is 1.40. The van der Waals surface area contributed by atoms with Gasteiger partial charge in [-0.2, -0.15) is 0 Å². The summed E-state index contributed by atoms with van der Waals surface area (Å²) in [4.78, 5) is 34.5. The number of amides is 1. The topological polar surface area (TPSA) is 104 Å². The van der Waals surface area contributed by atoms with E-state index in [1.54, 1.807) is 25.4 Å². The zero-order valence-electron chi connectivity index (χ0n) is 23.9. The number of nitrogens with one attached hydrogen (secondary N) is 2. The molecule has 1 atom stereocenters. The number of anilines is 2. The molecule has 0 radical (unpaired) electrons. The van der Waals surface area contributed by atoms with Crippen molar-refractivity contribution in [2.24, 2.45) is 0 Å². The number of rotatable bonds is 8. The van der Waals surface area contributed by atoms with E-state index in [1.165, 1.54) is 6.07 Å². The van der Waals surface area contributed by atoms with Crippen LogP contribution in [0.4, 0.5) is 20.5 Å². The van der Waals surface area contributed by atoms with Crippen LogP contribution in [0.15, 0.2) is 36.7 Å². The van der Waals surface area contributed by atoms with Crippen LogP contribution < -0.4 is 10.6 Å². The number of aromatic nitrogens is 5. The maximum absolute atomic E-state index is 15.0. The molecule has 1 aliphatic heterocycles. The number of aryl methyl sites for hydroxylation is 1. The smallest absolute Gasteiger partial charge is 0.241 e. The molecule has 2 N–H and O–H groups in total. The molecule has 1 unspecified atom stereocenters. The number of piperazine rings is 1. The second-order valence-corrected chi connectivity index (χ2v) is 10.4. The third-order valence-electron chi connectivity index (χ3n) is 7.51. The van der Waals surface area contributed by atoms with Gasteiger partial charge in [0.25, 0.3) is 0 Å². The van der Waals surface area contributed by atoms with Gasteiger partial charge in [0.05, 0.1) is 11.7 Å². The van der Waals surface area contributed by atoms with E-state index in [9.17, 15) is 9.18 Å². The van der Waals surface area contributed by atoms with Crippen molar-refractivity contribution < 1.29 is 13.6 Å². The first-order valence-electron chi connectivity index (χ1n) is 13.8. The van der Waals surface area contributed by atoms with Gasteiger partial charge in [0.15, 0.2) is 11.6 Å². The Bertz CT molecular complexity index is 1550. The third kappa shape index (κ3) is 5.75. The molecule has 0 bridgehead atoms. The molecular weight excluding hydrogens is 528 g/mol. The summed E-state index contributed by atoms with van der Waals surface area (Å²) in [5.41, 5.74) is 1.81.